The SMILES string of the molecule is N#Cc1c(F)cccc1S(=O)(=O)Nc1ccc(N)cn1. The highest BCUT2D eigenvalue weighted by Gasteiger charge is 2.21. The van der Waals surface area contributed by atoms with E-state index in [0.29, 0.717) is 5.69 Å². The molecule has 0 unspecified atom stereocenters. The molecule has 8 heteroatoms. The maximum atomic E-state index is 13.4. The average Bonchev–Trinajstić information content (AvgIpc) is 2.41. The Bertz CT molecular complexity index is 782. The molecule has 0 radical (unpaired) electrons. The first kappa shape index (κ1) is 13.8. The molecule has 0 amide bonds. The third kappa shape index (κ3) is 2.67. The maximum absolute atomic E-state index is 13.4. The number of nitriles is 1. The molecule has 1 aromatic carbocycles. The number of anilines is 2. The first-order valence-electron chi connectivity index (χ1n) is 5.37. The summed E-state index contributed by atoms with van der Waals surface area (Å²) in [5, 5.41) is 8.85. The average molecular weight is 292 g/mol. The van der Waals surface area contributed by atoms with Crippen molar-refractivity contribution in [2.45, 2.75) is 4.90 Å². The third-order valence-corrected chi connectivity index (χ3v) is 3.80. The molecular weight excluding hydrogens is 283 g/mol. The molecule has 0 aliphatic heterocycles. The molecule has 2 aromatic rings. The minimum Gasteiger partial charge on any atom is -0.397 e. The third-order valence-electron chi connectivity index (χ3n) is 2.40. The predicted molar refractivity (Wildman–Crippen MR) is 70.6 cm³/mol. The minimum atomic E-state index is -4.11. The van der Waals surface area contributed by atoms with E-state index in [9.17, 15) is 12.8 Å². The fraction of sp³-hybridized carbons (Fsp3) is 0. The zero-order chi connectivity index (χ0) is 14.8. The summed E-state index contributed by atoms with van der Waals surface area (Å²) in [5.74, 6) is -0.881. The molecule has 0 aliphatic carbocycles. The van der Waals surface area contributed by atoms with Gasteiger partial charge in [0.05, 0.1) is 11.9 Å². The van der Waals surface area contributed by atoms with Gasteiger partial charge in [0.25, 0.3) is 10.0 Å². The van der Waals surface area contributed by atoms with Crippen LogP contribution >= 0.6 is 0 Å². The Balaban J connectivity index is 2.44. The van der Waals surface area contributed by atoms with Crippen molar-refractivity contribution in [2.24, 2.45) is 0 Å². The highest BCUT2D eigenvalue weighted by Crippen LogP contribution is 2.20. The van der Waals surface area contributed by atoms with Crippen LogP contribution in [0.25, 0.3) is 0 Å². The number of aromatic nitrogens is 1. The van der Waals surface area contributed by atoms with Crippen molar-refractivity contribution in [3.8, 4) is 6.07 Å². The Labute approximate surface area is 114 Å². The number of sulfonamides is 1. The molecule has 0 fully saturated rings. The molecule has 0 atom stereocenters. The number of benzene rings is 1. The van der Waals surface area contributed by atoms with Crippen LogP contribution in [0, 0.1) is 17.1 Å². The fourth-order valence-electron chi connectivity index (χ4n) is 1.50. The van der Waals surface area contributed by atoms with Gasteiger partial charge in [-0.05, 0) is 24.3 Å². The van der Waals surface area contributed by atoms with Gasteiger partial charge in [0.2, 0.25) is 0 Å². The van der Waals surface area contributed by atoms with Crippen LogP contribution in [-0.4, -0.2) is 13.4 Å². The van der Waals surface area contributed by atoms with Crippen LogP contribution in [-0.2, 0) is 10.0 Å². The van der Waals surface area contributed by atoms with Crippen LogP contribution in [0.1, 0.15) is 5.56 Å². The number of hydrogen-bond donors (Lipinski definition) is 2. The van der Waals surface area contributed by atoms with Crippen LogP contribution in [0.2, 0.25) is 0 Å². The van der Waals surface area contributed by atoms with Gasteiger partial charge in [0.15, 0.2) is 0 Å². The Hall–Kier alpha value is -2.66. The lowest BCUT2D eigenvalue weighted by Gasteiger charge is -2.09. The van der Waals surface area contributed by atoms with E-state index in [1.807, 2.05) is 0 Å². The van der Waals surface area contributed by atoms with Gasteiger partial charge in [-0.25, -0.2) is 17.8 Å². The molecule has 6 nitrogen and oxygen atoms in total. The zero-order valence-electron chi connectivity index (χ0n) is 10.0. The molecule has 3 N–H and O–H groups in total. The summed E-state index contributed by atoms with van der Waals surface area (Å²) in [5.41, 5.74) is 5.26. The van der Waals surface area contributed by atoms with E-state index < -0.39 is 26.3 Å². The number of nitrogens with two attached hydrogens (primary N) is 1. The number of rotatable bonds is 3. The molecular formula is C12H9FN4O2S. The summed E-state index contributed by atoms with van der Waals surface area (Å²) < 4.78 is 39.8. The van der Waals surface area contributed by atoms with Crippen LogP contribution in [0.5, 0.6) is 0 Å². The summed E-state index contributed by atoms with van der Waals surface area (Å²) >= 11 is 0. The van der Waals surface area contributed by atoms with Crippen molar-refractivity contribution >= 4 is 21.5 Å². The monoisotopic (exact) mass is 292 g/mol. The number of pyridine rings is 1. The maximum Gasteiger partial charge on any atom is 0.264 e. The first-order valence-corrected chi connectivity index (χ1v) is 6.85. The second kappa shape index (κ2) is 5.14. The smallest absolute Gasteiger partial charge is 0.264 e. The van der Waals surface area contributed by atoms with Gasteiger partial charge < -0.3 is 5.73 Å². The normalized spacial score (nSPS) is 10.8. The molecule has 1 aromatic heterocycles. The standard InChI is InChI=1S/C12H9FN4O2S/c13-10-2-1-3-11(9(10)6-14)20(18,19)17-12-5-4-8(15)7-16-12/h1-5,7H,15H2,(H,16,17). The van der Waals surface area contributed by atoms with E-state index in [4.69, 9.17) is 11.0 Å². The van der Waals surface area contributed by atoms with Crippen molar-refractivity contribution < 1.29 is 12.8 Å². The van der Waals surface area contributed by atoms with E-state index in [-0.39, 0.29) is 5.82 Å². The quantitative estimate of drug-likeness (QED) is 0.890. The lowest BCUT2D eigenvalue weighted by Crippen LogP contribution is -2.16. The Morgan fingerprint density at radius 3 is 2.65 bits per heavy atom. The van der Waals surface area contributed by atoms with Crippen molar-refractivity contribution in [1.82, 2.24) is 4.98 Å². The Morgan fingerprint density at radius 2 is 2.05 bits per heavy atom. The largest absolute Gasteiger partial charge is 0.397 e. The molecule has 0 bridgehead atoms. The van der Waals surface area contributed by atoms with Crippen LogP contribution in [0.4, 0.5) is 15.9 Å². The summed E-state index contributed by atoms with van der Waals surface area (Å²) in [4.78, 5) is 3.33. The highest BCUT2D eigenvalue weighted by molar-refractivity contribution is 7.92. The number of halogens is 1. The summed E-state index contributed by atoms with van der Waals surface area (Å²) in [6.07, 6.45) is 1.27. The molecule has 0 spiro atoms. The lowest BCUT2D eigenvalue weighted by molar-refractivity contribution is 0.593. The van der Waals surface area contributed by atoms with E-state index >= 15 is 0 Å². The van der Waals surface area contributed by atoms with Crippen LogP contribution in [0.3, 0.4) is 0 Å². The first-order chi connectivity index (χ1) is 9.44. The lowest BCUT2D eigenvalue weighted by atomic mass is 10.2. The van der Waals surface area contributed by atoms with Crippen molar-refractivity contribution in [2.75, 3.05) is 10.5 Å². The minimum absolute atomic E-state index is 0.0207. The zero-order valence-corrected chi connectivity index (χ0v) is 10.9. The van der Waals surface area contributed by atoms with Crippen molar-refractivity contribution in [3.63, 3.8) is 0 Å². The molecule has 2 rings (SSSR count). The second-order valence-corrected chi connectivity index (χ2v) is 5.46. The number of nitrogen functional groups attached to an aromatic ring is 1. The molecule has 1 heterocycles. The molecule has 0 aliphatic rings. The van der Waals surface area contributed by atoms with E-state index in [0.717, 1.165) is 12.1 Å². The molecule has 0 saturated heterocycles. The topological polar surface area (TPSA) is 109 Å². The van der Waals surface area contributed by atoms with Gasteiger partial charge in [-0.15, -0.1) is 0 Å². The van der Waals surface area contributed by atoms with Gasteiger partial charge in [0, 0.05) is 0 Å². The van der Waals surface area contributed by atoms with E-state index in [2.05, 4.69) is 9.71 Å². The second-order valence-electron chi connectivity index (χ2n) is 3.81. The van der Waals surface area contributed by atoms with Crippen LogP contribution < -0.4 is 10.5 Å². The van der Waals surface area contributed by atoms with E-state index in [1.165, 1.54) is 30.5 Å². The Kier molecular flexibility index (Phi) is 3.54. The number of nitrogens with one attached hydrogen (secondary N) is 1. The van der Waals surface area contributed by atoms with Gasteiger partial charge >= 0.3 is 0 Å². The Morgan fingerprint density at radius 1 is 1.30 bits per heavy atom. The van der Waals surface area contributed by atoms with Crippen LogP contribution in [0.15, 0.2) is 41.4 Å². The number of hydrogen-bond acceptors (Lipinski definition) is 5. The van der Waals surface area contributed by atoms with Gasteiger partial charge in [-0.1, -0.05) is 6.07 Å². The van der Waals surface area contributed by atoms with Gasteiger partial charge in [-0.3, -0.25) is 4.72 Å². The summed E-state index contributed by atoms with van der Waals surface area (Å²) in [7, 11) is -4.11. The molecule has 102 valence electrons. The van der Waals surface area contributed by atoms with Crippen molar-refractivity contribution in [1.29, 1.82) is 5.26 Å². The molecule has 20 heavy (non-hydrogen) atoms. The highest BCUT2D eigenvalue weighted by atomic mass is 32.2. The molecule has 0 saturated carbocycles. The summed E-state index contributed by atoms with van der Waals surface area (Å²) in [6.45, 7) is 0. The fourth-order valence-corrected chi connectivity index (χ4v) is 2.67. The summed E-state index contributed by atoms with van der Waals surface area (Å²) in [6, 6.07) is 7.71. The van der Waals surface area contributed by atoms with Gasteiger partial charge in [0.1, 0.15) is 28.2 Å². The van der Waals surface area contributed by atoms with Crippen molar-refractivity contribution in [3.05, 3.63) is 47.9 Å². The number of nitrogens with zero attached hydrogens (tertiary/aromatic N) is 2. The van der Waals surface area contributed by atoms with E-state index in [1.54, 1.807) is 0 Å². The predicted octanol–water partition coefficient (Wildman–Crippen LogP) is 1.48. The van der Waals surface area contributed by atoms with Gasteiger partial charge in [-0.2, -0.15) is 5.26 Å².